The van der Waals surface area contributed by atoms with Gasteiger partial charge in [0.25, 0.3) is 0 Å². The minimum Gasteiger partial charge on any atom is -0.461 e. The van der Waals surface area contributed by atoms with Crippen LogP contribution in [-0.2, 0) is 14.9 Å². The second kappa shape index (κ2) is 6.56. The summed E-state index contributed by atoms with van der Waals surface area (Å²) in [5, 5.41) is 2.08. The summed E-state index contributed by atoms with van der Waals surface area (Å²) in [6.45, 7) is 4.31. The van der Waals surface area contributed by atoms with E-state index in [-0.39, 0.29) is 12.1 Å². The van der Waals surface area contributed by atoms with Crippen LogP contribution in [0.5, 0.6) is 0 Å². The molecule has 1 aromatic rings. The summed E-state index contributed by atoms with van der Waals surface area (Å²) in [6.07, 6.45) is 6.88. The lowest BCUT2D eigenvalue weighted by Crippen LogP contribution is -2.49. The molecule has 0 N–H and O–H groups in total. The zero-order valence-electron chi connectivity index (χ0n) is 14.7. The Kier molecular flexibility index (Phi) is 4.84. The van der Waals surface area contributed by atoms with Gasteiger partial charge >= 0.3 is 5.97 Å². The molecule has 1 aromatic heterocycles. The molecule has 1 saturated heterocycles. The molecule has 0 spiro atoms. The molecule has 128 valence electrons. The van der Waals surface area contributed by atoms with Gasteiger partial charge in [0.2, 0.25) is 0 Å². The normalized spacial score (nSPS) is 25.2. The van der Waals surface area contributed by atoms with Crippen LogP contribution in [0.4, 0.5) is 0 Å². The molecule has 1 aliphatic carbocycles. The standard InChI is InChI=1S/C19H30NO2S/c1-19(15-7-4-5-8-15,17-9-6-14-23-17)18(21)22-16-10-12-20(2,3)13-11-16/h6,9,14-16H,4-5,7-8,10-13H2,1-3H3/q+1/t19-/m0/s1. The molecular formula is C19H30NO2S+. The SMILES string of the molecule is C[C@@](C(=O)OC1CC[N+](C)(C)CC1)(c1cccs1)C1CCCC1. The molecule has 2 fully saturated rings. The molecule has 0 bridgehead atoms. The van der Waals surface area contributed by atoms with Gasteiger partial charge in [0.1, 0.15) is 11.5 Å². The molecule has 1 atom stereocenters. The van der Waals surface area contributed by atoms with Crippen molar-refractivity contribution in [3.63, 3.8) is 0 Å². The van der Waals surface area contributed by atoms with Crippen molar-refractivity contribution in [2.24, 2.45) is 5.92 Å². The molecular weight excluding hydrogens is 306 g/mol. The molecule has 23 heavy (non-hydrogen) atoms. The van der Waals surface area contributed by atoms with Crippen LogP contribution in [0.2, 0.25) is 0 Å². The Hall–Kier alpha value is -0.870. The minimum absolute atomic E-state index is 0.0176. The van der Waals surface area contributed by atoms with Gasteiger partial charge in [0, 0.05) is 17.7 Å². The largest absolute Gasteiger partial charge is 0.461 e. The fourth-order valence-corrected chi connectivity index (χ4v) is 5.14. The number of carbonyl (C=O) groups is 1. The molecule has 2 aliphatic rings. The van der Waals surface area contributed by atoms with E-state index in [2.05, 4.69) is 38.5 Å². The molecule has 0 aromatic carbocycles. The smallest absolute Gasteiger partial charge is 0.317 e. The molecule has 3 rings (SSSR count). The number of quaternary nitrogens is 1. The number of nitrogens with zero attached hydrogens (tertiary/aromatic N) is 1. The van der Waals surface area contributed by atoms with Gasteiger partial charge in [-0.15, -0.1) is 11.3 Å². The maximum Gasteiger partial charge on any atom is 0.317 e. The van der Waals surface area contributed by atoms with Crippen molar-refractivity contribution in [2.75, 3.05) is 27.2 Å². The van der Waals surface area contributed by atoms with E-state index in [1.807, 2.05) is 0 Å². The quantitative estimate of drug-likeness (QED) is 0.614. The molecule has 0 unspecified atom stereocenters. The summed E-state index contributed by atoms with van der Waals surface area (Å²) in [5.74, 6) is 0.452. The zero-order valence-corrected chi connectivity index (χ0v) is 15.5. The fraction of sp³-hybridized carbons (Fsp3) is 0.737. The van der Waals surface area contributed by atoms with Gasteiger partial charge in [-0.3, -0.25) is 4.79 Å². The summed E-state index contributed by atoms with van der Waals surface area (Å²) < 4.78 is 7.08. The van der Waals surface area contributed by atoms with Gasteiger partial charge in [-0.2, -0.15) is 0 Å². The first kappa shape index (κ1) is 17.0. The van der Waals surface area contributed by atoms with Gasteiger partial charge < -0.3 is 9.22 Å². The summed E-state index contributed by atoms with van der Waals surface area (Å²) in [4.78, 5) is 14.3. The van der Waals surface area contributed by atoms with Crippen LogP contribution in [0, 0.1) is 5.92 Å². The molecule has 4 heteroatoms. The first-order chi connectivity index (χ1) is 10.9. The first-order valence-corrected chi connectivity index (χ1v) is 9.87. The van der Waals surface area contributed by atoms with Crippen molar-refractivity contribution >= 4 is 17.3 Å². The van der Waals surface area contributed by atoms with E-state index in [1.165, 1.54) is 17.7 Å². The zero-order chi connectivity index (χ0) is 16.5. The number of rotatable bonds is 4. The Balaban J connectivity index is 1.74. The fourth-order valence-electron chi connectivity index (χ4n) is 4.18. The summed E-state index contributed by atoms with van der Waals surface area (Å²) in [5.41, 5.74) is -0.452. The number of likely N-dealkylation sites (tertiary alicyclic amines) is 1. The predicted molar refractivity (Wildman–Crippen MR) is 94.6 cm³/mol. The maximum atomic E-state index is 13.2. The van der Waals surface area contributed by atoms with Gasteiger partial charge in [-0.25, -0.2) is 0 Å². The summed E-state index contributed by atoms with van der Waals surface area (Å²) in [6, 6.07) is 4.17. The second-order valence-electron chi connectivity index (χ2n) is 8.15. The van der Waals surface area contributed by atoms with Gasteiger partial charge in [0.05, 0.1) is 27.2 Å². The van der Waals surface area contributed by atoms with E-state index < -0.39 is 5.41 Å². The number of esters is 1. The molecule has 0 amide bonds. The van der Waals surface area contributed by atoms with E-state index in [0.717, 1.165) is 43.3 Å². The second-order valence-corrected chi connectivity index (χ2v) is 9.10. The van der Waals surface area contributed by atoms with E-state index in [9.17, 15) is 4.79 Å². The van der Waals surface area contributed by atoms with Crippen molar-refractivity contribution in [3.05, 3.63) is 22.4 Å². The third-order valence-corrected chi connectivity index (χ3v) is 7.12. The highest BCUT2D eigenvalue weighted by Crippen LogP contribution is 2.45. The third-order valence-electron chi connectivity index (χ3n) is 6.02. The predicted octanol–water partition coefficient (Wildman–Crippen LogP) is 3.98. The average Bonchev–Trinajstić information content (AvgIpc) is 3.22. The number of hydrogen-bond acceptors (Lipinski definition) is 3. The van der Waals surface area contributed by atoms with Crippen molar-refractivity contribution < 1.29 is 14.0 Å². The van der Waals surface area contributed by atoms with E-state index in [4.69, 9.17) is 4.74 Å². The van der Waals surface area contributed by atoms with Crippen LogP contribution in [-0.4, -0.2) is 43.7 Å². The van der Waals surface area contributed by atoms with Gasteiger partial charge in [-0.05, 0) is 37.1 Å². The first-order valence-electron chi connectivity index (χ1n) is 8.99. The monoisotopic (exact) mass is 336 g/mol. The number of piperidine rings is 1. The van der Waals surface area contributed by atoms with E-state index in [0.29, 0.717) is 5.92 Å². The topological polar surface area (TPSA) is 26.3 Å². The molecule has 2 heterocycles. The van der Waals surface area contributed by atoms with Crippen LogP contribution in [0.25, 0.3) is 0 Å². The van der Waals surface area contributed by atoms with Crippen LogP contribution in [0.1, 0.15) is 50.3 Å². The highest BCUT2D eigenvalue weighted by Gasteiger charge is 2.47. The van der Waals surface area contributed by atoms with Gasteiger partial charge in [-0.1, -0.05) is 18.9 Å². The molecule has 3 nitrogen and oxygen atoms in total. The minimum atomic E-state index is -0.452. The van der Waals surface area contributed by atoms with Crippen LogP contribution >= 0.6 is 11.3 Å². The lowest BCUT2D eigenvalue weighted by molar-refractivity contribution is -0.896. The molecule has 0 radical (unpaired) electrons. The van der Waals surface area contributed by atoms with Crippen LogP contribution < -0.4 is 0 Å². The van der Waals surface area contributed by atoms with Crippen molar-refractivity contribution in [2.45, 2.75) is 57.0 Å². The highest BCUT2D eigenvalue weighted by atomic mass is 32.1. The van der Waals surface area contributed by atoms with Crippen molar-refractivity contribution in [1.29, 1.82) is 0 Å². The molecule has 1 aliphatic heterocycles. The highest BCUT2D eigenvalue weighted by molar-refractivity contribution is 7.10. The third kappa shape index (κ3) is 3.48. The summed E-state index contributed by atoms with van der Waals surface area (Å²) >= 11 is 1.70. The van der Waals surface area contributed by atoms with E-state index >= 15 is 0 Å². The van der Waals surface area contributed by atoms with E-state index in [1.54, 1.807) is 11.3 Å². The van der Waals surface area contributed by atoms with Crippen molar-refractivity contribution in [1.82, 2.24) is 0 Å². The van der Waals surface area contributed by atoms with Crippen LogP contribution in [0.3, 0.4) is 0 Å². The number of thiophene rings is 1. The Morgan fingerprint density at radius 1 is 1.22 bits per heavy atom. The maximum absolute atomic E-state index is 13.2. The molecule has 1 saturated carbocycles. The lowest BCUT2D eigenvalue weighted by atomic mass is 9.74. The number of carbonyl (C=O) groups excluding carboxylic acids is 1. The lowest BCUT2D eigenvalue weighted by Gasteiger charge is -2.39. The Morgan fingerprint density at radius 3 is 2.43 bits per heavy atom. The van der Waals surface area contributed by atoms with Crippen molar-refractivity contribution in [3.8, 4) is 0 Å². The summed E-state index contributed by atoms with van der Waals surface area (Å²) in [7, 11) is 4.51. The van der Waals surface area contributed by atoms with Gasteiger partial charge in [0.15, 0.2) is 0 Å². The Morgan fingerprint density at radius 2 is 1.87 bits per heavy atom. The van der Waals surface area contributed by atoms with Crippen LogP contribution in [0.15, 0.2) is 17.5 Å². The Bertz CT molecular complexity index is 524. The number of hydrogen-bond donors (Lipinski definition) is 0. The number of ether oxygens (including phenoxy) is 1. The Labute approximate surface area is 144 Å². The average molecular weight is 337 g/mol.